The first kappa shape index (κ1) is 13.9. The molecule has 2 N–H and O–H groups in total. The fourth-order valence-corrected chi connectivity index (χ4v) is 3.97. The molecule has 2 aliphatic heterocycles. The highest BCUT2D eigenvalue weighted by molar-refractivity contribution is 5.90. The molecule has 0 spiro atoms. The predicted octanol–water partition coefficient (Wildman–Crippen LogP) is 0.644. The highest BCUT2D eigenvalue weighted by atomic mass is 16.2. The fraction of sp³-hybridized carbons (Fsp3) is 0.867. The van der Waals surface area contributed by atoms with E-state index in [1.165, 1.54) is 25.7 Å². The van der Waals surface area contributed by atoms with Crippen LogP contribution in [0.25, 0.3) is 0 Å². The van der Waals surface area contributed by atoms with Crippen LogP contribution in [0.2, 0.25) is 0 Å². The molecule has 0 aromatic carbocycles. The van der Waals surface area contributed by atoms with Crippen LogP contribution in [0.3, 0.4) is 0 Å². The molecule has 1 saturated carbocycles. The lowest BCUT2D eigenvalue weighted by Crippen LogP contribution is -2.62. The van der Waals surface area contributed by atoms with Crippen molar-refractivity contribution in [3.63, 3.8) is 0 Å². The average molecular weight is 279 g/mol. The monoisotopic (exact) mass is 279 g/mol. The van der Waals surface area contributed by atoms with Crippen molar-refractivity contribution in [2.75, 3.05) is 13.1 Å². The van der Waals surface area contributed by atoms with E-state index in [4.69, 9.17) is 0 Å². The largest absolute Gasteiger partial charge is 0.353 e. The molecule has 2 amide bonds. The third-order valence-corrected chi connectivity index (χ3v) is 5.23. The standard InChI is InChI=1S/C15H25N3O2/c1-10-14(19)16-8-9-18(10)15(20)13-7-6-11-4-2-3-5-12(11)17-13/h10-13,17H,2-9H2,1H3,(H,16,19). The molecule has 0 aromatic rings. The lowest BCUT2D eigenvalue weighted by molar-refractivity contribution is -0.145. The summed E-state index contributed by atoms with van der Waals surface area (Å²) < 4.78 is 0. The Labute approximate surface area is 120 Å². The van der Waals surface area contributed by atoms with Crippen LogP contribution in [0.1, 0.15) is 45.4 Å². The highest BCUT2D eigenvalue weighted by Crippen LogP contribution is 2.32. The summed E-state index contributed by atoms with van der Waals surface area (Å²) in [5, 5.41) is 6.38. The first-order chi connectivity index (χ1) is 9.66. The number of nitrogens with zero attached hydrogens (tertiary/aromatic N) is 1. The van der Waals surface area contributed by atoms with Crippen molar-refractivity contribution in [1.29, 1.82) is 0 Å². The molecule has 1 aliphatic carbocycles. The van der Waals surface area contributed by atoms with Crippen molar-refractivity contribution in [2.45, 2.75) is 63.6 Å². The van der Waals surface area contributed by atoms with Crippen LogP contribution in [-0.2, 0) is 9.59 Å². The number of carbonyl (C=O) groups is 2. The van der Waals surface area contributed by atoms with Crippen molar-refractivity contribution in [3.05, 3.63) is 0 Å². The Morgan fingerprint density at radius 2 is 2.00 bits per heavy atom. The van der Waals surface area contributed by atoms with Gasteiger partial charge in [-0.1, -0.05) is 12.8 Å². The summed E-state index contributed by atoms with van der Waals surface area (Å²) in [5.41, 5.74) is 0. The number of carbonyl (C=O) groups excluding carboxylic acids is 2. The zero-order valence-electron chi connectivity index (χ0n) is 12.2. The molecule has 112 valence electrons. The summed E-state index contributed by atoms with van der Waals surface area (Å²) in [6.45, 7) is 3.03. The molecular formula is C15H25N3O2. The van der Waals surface area contributed by atoms with Gasteiger partial charge in [0.2, 0.25) is 11.8 Å². The SMILES string of the molecule is CC1C(=O)NCCN1C(=O)C1CCC2CCCCC2N1. The second kappa shape index (κ2) is 5.72. The number of nitrogens with one attached hydrogen (secondary N) is 2. The van der Waals surface area contributed by atoms with Gasteiger partial charge in [-0.05, 0) is 38.5 Å². The van der Waals surface area contributed by atoms with Crippen molar-refractivity contribution < 1.29 is 9.59 Å². The van der Waals surface area contributed by atoms with Crippen LogP contribution in [0, 0.1) is 5.92 Å². The molecule has 3 rings (SSSR count). The number of fused-ring (bicyclic) bond motifs is 1. The van der Waals surface area contributed by atoms with Crippen molar-refractivity contribution in [2.24, 2.45) is 5.92 Å². The van der Waals surface area contributed by atoms with E-state index in [1.807, 2.05) is 6.92 Å². The van der Waals surface area contributed by atoms with Gasteiger partial charge in [0.25, 0.3) is 0 Å². The van der Waals surface area contributed by atoms with Gasteiger partial charge in [-0.2, -0.15) is 0 Å². The molecule has 0 radical (unpaired) electrons. The maximum Gasteiger partial charge on any atom is 0.242 e. The van der Waals surface area contributed by atoms with Crippen molar-refractivity contribution in [1.82, 2.24) is 15.5 Å². The van der Waals surface area contributed by atoms with Gasteiger partial charge < -0.3 is 15.5 Å². The third-order valence-electron chi connectivity index (χ3n) is 5.23. The summed E-state index contributed by atoms with van der Waals surface area (Å²) in [7, 11) is 0. The Morgan fingerprint density at radius 3 is 2.85 bits per heavy atom. The van der Waals surface area contributed by atoms with Gasteiger partial charge in [-0.15, -0.1) is 0 Å². The minimum absolute atomic E-state index is 0.0315. The second-order valence-electron chi connectivity index (χ2n) is 6.45. The van der Waals surface area contributed by atoms with Gasteiger partial charge in [0.1, 0.15) is 6.04 Å². The maximum atomic E-state index is 12.7. The Kier molecular flexibility index (Phi) is 3.96. The molecule has 4 unspecified atom stereocenters. The van der Waals surface area contributed by atoms with Crippen LogP contribution in [-0.4, -0.2) is 47.9 Å². The second-order valence-corrected chi connectivity index (χ2v) is 6.45. The quantitative estimate of drug-likeness (QED) is 0.740. The van der Waals surface area contributed by atoms with Crippen molar-refractivity contribution in [3.8, 4) is 0 Å². The number of piperazine rings is 1. The summed E-state index contributed by atoms with van der Waals surface area (Å²) in [6.07, 6.45) is 7.20. The smallest absolute Gasteiger partial charge is 0.242 e. The first-order valence-electron chi connectivity index (χ1n) is 8.01. The molecule has 5 nitrogen and oxygen atoms in total. The summed E-state index contributed by atoms with van der Waals surface area (Å²) in [5.74, 6) is 0.849. The minimum atomic E-state index is -0.331. The highest BCUT2D eigenvalue weighted by Gasteiger charge is 2.38. The van der Waals surface area contributed by atoms with Gasteiger partial charge >= 0.3 is 0 Å². The van der Waals surface area contributed by atoms with E-state index in [0.29, 0.717) is 19.1 Å². The minimum Gasteiger partial charge on any atom is -0.353 e. The van der Waals surface area contributed by atoms with Gasteiger partial charge in [0, 0.05) is 19.1 Å². The van der Waals surface area contributed by atoms with Crippen LogP contribution in [0.4, 0.5) is 0 Å². The zero-order valence-corrected chi connectivity index (χ0v) is 12.2. The van der Waals surface area contributed by atoms with Crippen LogP contribution in [0.5, 0.6) is 0 Å². The Morgan fingerprint density at radius 1 is 1.20 bits per heavy atom. The van der Waals surface area contributed by atoms with Gasteiger partial charge in [-0.25, -0.2) is 0 Å². The number of piperidine rings is 1. The molecule has 3 aliphatic rings. The number of hydrogen-bond acceptors (Lipinski definition) is 3. The van der Waals surface area contributed by atoms with E-state index in [9.17, 15) is 9.59 Å². The lowest BCUT2D eigenvalue weighted by Gasteiger charge is -2.42. The lowest BCUT2D eigenvalue weighted by atomic mass is 9.77. The number of hydrogen-bond donors (Lipinski definition) is 2. The molecule has 20 heavy (non-hydrogen) atoms. The maximum absolute atomic E-state index is 12.7. The molecule has 0 bridgehead atoms. The molecule has 3 fully saturated rings. The van der Waals surface area contributed by atoms with Crippen molar-refractivity contribution >= 4 is 11.8 Å². The Balaban J connectivity index is 1.63. The molecule has 2 saturated heterocycles. The summed E-state index contributed by atoms with van der Waals surface area (Å²) in [6, 6.07) is 0.102. The molecule has 5 heteroatoms. The normalized spacial score (nSPS) is 38.0. The van der Waals surface area contributed by atoms with Crippen LogP contribution < -0.4 is 10.6 Å². The van der Waals surface area contributed by atoms with E-state index in [1.54, 1.807) is 4.90 Å². The van der Waals surface area contributed by atoms with E-state index < -0.39 is 0 Å². The fourth-order valence-electron chi connectivity index (χ4n) is 3.97. The average Bonchev–Trinajstić information content (AvgIpc) is 2.49. The predicted molar refractivity (Wildman–Crippen MR) is 76.1 cm³/mol. The Hall–Kier alpha value is -1.10. The zero-order chi connectivity index (χ0) is 14.1. The first-order valence-corrected chi connectivity index (χ1v) is 8.01. The number of rotatable bonds is 1. The van der Waals surface area contributed by atoms with Gasteiger partial charge in [0.15, 0.2) is 0 Å². The molecule has 0 aromatic heterocycles. The van der Waals surface area contributed by atoms with E-state index >= 15 is 0 Å². The topological polar surface area (TPSA) is 61.4 Å². The van der Waals surface area contributed by atoms with Crippen LogP contribution in [0.15, 0.2) is 0 Å². The van der Waals surface area contributed by atoms with E-state index in [2.05, 4.69) is 10.6 Å². The van der Waals surface area contributed by atoms with Crippen LogP contribution >= 0.6 is 0 Å². The van der Waals surface area contributed by atoms with E-state index in [-0.39, 0.29) is 23.9 Å². The third kappa shape index (κ3) is 2.55. The molecule has 4 atom stereocenters. The van der Waals surface area contributed by atoms with Gasteiger partial charge in [-0.3, -0.25) is 9.59 Å². The molecular weight excluding hydrogens is 254 g/mol. The van der Waals surface area contributed by atoms with E-state index in [0.717, 1.165) is 18.8 Å². The molecule has 2 heterocycles. The summed E-state index contributed by atoms with van der Waals surface area (Å²) in [4.78, 5) is 26.1. The van der Waals surface area contributed by atoms with Gasteiger partial charge in [0.05, 0.1) is 6.04 Å². The number of amides is 2. The Bertz CT molecular complexity index is 399. The summed E-state index contributed by atoms with van der Waals surface area (Å²) >= 11 is 0.